The number of nitrogens with zero attached hydrogens (tertiary/aromatic N) is 1. The molecule has 0 fully saturated rings. The molecule has 0 aromatic carbocycles. The van der Waals surface area contributed by atoms with Crippen LogP contribution in [0.15, 0.2) is 4.99 Å². The zero-order valence-corrected chi connectivity index (χ0v) is 30.8. The molecule has 0 heterocycles. The van der Waals surface area contributed by atoms with E-state index in [0.29, 0.717) is 19.4 Å². The molecule has 23 heteroatoms. The van der Waals surface area contributed by atoms with Crippen LogP contribution in [0.4, 0.5) is 0 Å². The highest BCUT2D eigenvalue weighted by molar-refractivity contribution is 5.89. The van der Waals surface area contributed by atoms with E-state index >= 15 is 0 Å². The second-order valence-electron chi connectivity index (χ2n) is 12.3. The average Bonchev–Trinajstić information content (AvgIpc) is 3.09. The van der Waals surface area contributed by atoms with Gasteiger partial charge in [0.15, 0.2) is 5.96 Å². The number of aliphatic carboxylic acids is 4. The summed E-state index contributed by atoms with van der Waals surface area (Å²) in [6.07, 6.45) is -1.75. The SMILES string of the molecule is CCCCNC(=O)[C@H](CCCN=C(N)N)NC(=O)CC[C@H](NC(=O)CC[C@H](NC(=O)CCC(NC(=O)CCC(NC(C)=O)C(=O)O)C(=O)O)C(=O)O)C(=O)O. The molecular formula is C32H53N9O14. The van der Waals surface area contributed by atoms with Crippen molar-refractivity contribution in [1.82, 2.24) is 31.9 Å². The maximum Gasteiger partial charge on any atom is 0.326 e. The van der Waals surface area contributed by atoms with Crippen LogP contribution in [0.3, 0.4) is 0 Å². The minimum atomic E-state index is -1.65. The molecule has 2 unspecified atom stereocenters. The minimum absolute atomic E-state index is 0.140. The van der Waals surface area contributed by atoms with E-state index in [1.54, 1.807) is 0 Å². The second kappa shape index (κ2) is 26.7. The Morgan fingerprint density at radius 1 is 0.527 bits per heavy atom. The van der Waals surface area contributed by atoms with Crippen LogP contribution < -0.4 is 43.4 Å². The van der Waals surface area contributed by atoms with E-state index in [1.807, 2.05) is 6.92 Å². The average molecular weight is 788 g/mol. The van der Waals surface area contributed by atoms with Gasteiger partial charge in [0.2, 0.25) is 35.4 Å². The predicted molar refractivity (Wildman–Crippen MR) is 191 cm³/mol. The summed E-state index contributed by atoms with van der Waals surface area (Å²) in [5, 5.41) is 51.5. The number of carboxylic acid groups (broad SMARTS) is 4. The molecule has 0 aliphatic rings. The smallest absolute Gasteiger partial charge is 0.326 e. The van der Waals surface area contributed by atoms with E-state index in [4.69, 9.17) is 16.6 Å². The third-order valence-electron chi connectivity index (χ3n) is 7.64. The molecule has 310 valence electrons. The third-order valence-corrected chi connectivity index (χ3v) is 7.64. The van der Waals surface area contributed by atoms with Crippen molar-refractivity contribution in [2.24, 2.45) is 16.5 Å². The Labute approximate surface area is 316 Å². The second-order valence-corrected chi connectivity index (χ2v) is 12.3. The number of guanidine groups is 1. The lowest BCUT2D eigenvalue weighted by Gasteiger charge is -2.20. The summed E-state index contributed by atoms with van der Waals surface area (Å²) in [5.74, 6) is -10.7. The van der Waals surface area contributed by atoms with Crippen molar-refractivity contribution in [3.05, 3.63) is 0 Å². The Morgan fingerprint density at radius 2 is 0.873 bits per heavy atom. The quantitative estimate of drug-likeness (QED) is 0.0202. The van der Waals surface area contributed by atoms with Crippen LogP contribution in [0.25, 0.3) is 0 Å². The van der Waals surface area contributed by atoms with Crippen LogP contribution in [0.1, 0.15) is 90.9 Å². The van der Waals surface area contributed by atoms with Crippen molar-refractivity contribution in [3.8, 4) is 0 Å². The van der Waals surface area contributed by atoms with E-state index in [2.05, 4.69) is 36.9 Å². The summed E-state index contributed by atoms with van der Waals surface area (Å²) in [5.41, 5.74) is 10.6. The molecule has 0 saturated heterocycles. The van der Waals surface area contributed by atoms with Crippen LogP contribution in [0, 0.1) is 0 Å². The normalized spacial score (nSPS) is 13.3. The Morgan fingerprint density at radius 3 is 1.18 bits per heavy atom. The molecule has 55 heavy (non-hydrogen) atoms. The lowest BCUT2D eigenvalue weighted by molar-refractivity contribution is -0.144. The van der Waals surface area contributed by atoms with Crippen LogP contribution in [-0.2, 0) is 47.9 Å². The molecule has 23 nitrogen and oxygen atoms in total. The molecule has 0 spiro atoms. The van der Waals surface area contributed by atoms with Gasteiger partial charge in [-0.15, -0.1) is 0 Å². The van der Waals surface area contributed by atoms with Gasteiger partial charge in [0, 0.05) is 45.7 Å². The summed E-state index contributed by atoms with van der Waals surface area (Å²) < 4.78 is 0. The van der Waals surface area contributed by atoms with Gasteiger partial charge >= 0.3 is 23.9 Å². The monoisotopic (exact) mass is 787 g/mol. The number of amides is 6. The third kappa shape index (κ3) is 23.3. The first-order chi connectivity index (χ1) is 25.8. The standard InChI is InChI=1S/C32H53N9O14/c1-3-4-15-35-27(47)18(6-5-16-36-32(33)34)38-23(43)12-8-20(29(50)51)40-25(45)14-10-22(31(54)55)41-26(46)13-9-21(30(52)53)39-24(44)11-7-19(28(48)49)37-17(2)42/h18-22H,3-16H2,1-2H3,(H,35,47)(H,37,42)(H,38,43)(H,39,44)(H,40,45)(H,41,46)(H,48,49)(H,50,51)(H,52,53)(H,54,55)(H4,33,34,36)/t18-,19?,20-,21?,22-/m0/s1. The van der Waals surface area contributed by atoms with Crippen LogP contribution in [0.2, 0.25) is 0 Å². The van der Waals surface area contributed by atoms with Gasteiger partial charge in [-0.05, 0) is 44.9 Å². The van der Waals surface area contributed by atoms with Crippen molar-refractivity contribution in [3.63, 3.8) is 0 Å². The van der Waals surface area contributed by atoms with E-state index in [-0.39, 0.29) is 31.8 Å². The molecule has 0 rings (SSSR count). The van der Waals surface area contributed by atoms with Gasteiger partial charge in [0.1, 0.15) is 30.2 Å². The first-order valence-electron chi connectivity index (χ1n) is 17.5. The lowest BCUT2D eigenvalue weighted by Crippen LogP contribution is -2.48. The first-order valence-corrected chi connectivity index (χ1v) is 17.5. The van der Waals surface area contributed by atoms with Gasteiger partial charge in [-0.1, -0.05) is 13.3 Å². The van der Waals surface area contributed by atoms with Crippen LogP contribution >= 0.6 is 0 Å². The summed E-state index contributed by atoms with van der Waals surface area (Å²) >= 11 is 0. The number of nitrogens with one attached hydrogen (secondary N) is 6. The summed E-state index contributed by atoms with van der Waals surface area (Å²) in [6.45, 7) is 3.58. The van der Waals surface area contributed by atoms with Gasteiger partial charge in [-0.3, -0.25) is 33.8 Å². The maximum absolute atomic E-state index is 12.7. The number of carboxylic acids is 4. The van der Waals surface area contributed by atoms with Crippen molar-refractivity contribution < 1.29 is 68.4 Å². The molecule has 0 aliphatic carbocycles. The highest BCUT2D eigenvalue weighted by Gasteiger charge is 2.28. The fourth-order valence-electron chi connectivity index (χ4n) is 4.73. The molecule has 6 amide bonds. The summed E-state index contributed by atoms with van der Waals surface area (Å²) in [6, 6.07) is -7.20. The molecule has 0 radical (unpaired) electrons. The van der Waals surface area contributed by atoms with Crippen LogP contribution in [0.5, 0.6) is 0 Å². The fourth-order valence-corrected chi connectivity index (χ4v) is 4.73. The van der Waals surface area contributed by atoms with Crippen LogP contribution in [-0.4, -0.2) is 129 Å². The number of hydrogen-bond donors (Lipinski definition) is 12. The fraction of sp³-hybridized carbons (Fsp3) is 0.656. The zero-order valence-electron chi connectivity index (χ0n) is 30.8. The first kappa shape index (κ1) is 49.0. The van der Waals surface area contributed by atoms with E-state index in [0.717, 1.165) is 13.3 Å². The Hall–Kier alpha value is -6.03. The maximum atomic E-state index is 12.7. The topological polar surface area (TPSA) is 388 Å². The Bertz CT molecular complexity index is 1400. The number of hydrogen-bond acceptors (Lipinski definition) is 11. The molecule has 0 saturated carbocycles. The van der Waals surface area contributed by atoms with Crippen molar-refractivity contribution >= 4 is 65.3 Å². The van der Waals surface area contributed by atoms with Gasteiger partial charge in [-0.25, -0.2) is 19.2 Å². The number of unbranched alkanes of at least 4 members (excludes halogenated alkanes) is 1. The molecule has 0 aromatic heterocycles. The van der Waals surface area contributed by atoms with E-state index < -0.39 is 128 Å². The molecule has 5 atom stereocenters. The van der Waals surface area contributed by atoms with Crippen molar-refractivity contribution in [1.29, 1.82) is 0 Å². The van der Waals surface area contributed by atoms with Gasteiger partial charge in [0.25, 0.3) is 0 Å². The predicted octanol–water partition coefficient (Wildman–Crippen LogP) is -3.14. The number of nitrogens with two attached hydrogens (primary N) is 2. The Balaban J connectivity index is 5.11. The summed E-state index contributed by atoms with van der Waals surface area (Å²) in [7, 11) is 0. The van der Waals surface area contributed by atoms with Crippen molar-refractivity contribution in [2.75, 3.05) is 13.1 Å². The molecule has 0 aromatic rings. The van der Waals surface area contributed by atoms with E-state index in [1.165, 1.54) is 0 Å². The lowest BCUT2D eigenvalue weighted by atomic mass is 10.1. The minimum Gasteiger partial charge on any atom is -0.480 e. The number of aliphatic imine (C=N–C) groups is 1. The number of carbonyl (C=O) groups excluding carboxylic acids is 6. The van der Waals surface area contributed by atoms with Gasteiger partial charge < -0.3 is 63.8 Å². The number of rotatable bonds is 29. The van der Waals surface area contributed by atoms with Crippen molar-refractivity contribution in [2.45, 2.75) is 121 Å². The largest absolute Gasteiger partial charge is 0.480 e. The van der Waals surface area contributed by atoms with Gasteiger partial charge in [-0.2, -0.15) is 0 Å². The molecule has 14 N–H and O–H groups in total. The highest BCUT2D eigenvalue weighted by atomic mass is 16.4. The molecule has 0 bridgehead atoms. The highest BCUT2D eigenvalue weighted by Crippen LogP contribution is 2.07. The zero-order chi connectivity index (χ0) is 42.1. The van der Waals surface area contributed by atoms with E-state index in [9.17, 15) is 63.3 Å². The van der Waals surface area contributed by atoms with Gasteiger partial charge in [0.05, 0.1) is 0 Å². The Kier molecular flexibility index (Phi) is 23.8. The molecular weight excluding hydrogens is 734 g/mol. The summed E-state index contributed by atoms with van der Waals surface area (Å²) in [4.78, 5) is 124. The number of carbonyl (C=O) groups is 10. The molecule has 0 aliphatic heterocycles.